The minimum absolute atomic E-state index is 0. The lowest BCUT2D eigenvalue weighted by molar-refractivity contribution is -0.166. The van der Waals surface area contributed by atoms with Gasteiger partial charge in [-0.15, -0.1) is 17.0 Å². The first-order chi connectivity index (χ1) is 9.26. The van der Waals surface area contributed by atoms with E-state index < -0.39 is 5.79 Å². The largest absolute Gasteiger partial charge is 0.345 e. The summed E-state index contributed by atoms with van der Waals surface area (Å²) in [6.07, 6.45) is 6.14. The van der Waals surface area contributed by atoms with Gasteiger partial charge in [0.1, 0.15) is 0 Å². The van der Waals surface area contributed by atoms with Crippen molar-refractivity contribution in [2.45, 2.75) is 18.8 Å². The highest BCUT2D eigenvalue weighted by Gasteiger charge is 2.37. The Kier molecular flexibility index (Phi) is 5.21. The second-order valence-corrected chi connectivity index (χ2v) is 5.08. The van der Waals surface area contributed by atoms with E-state index in [4.69, 9.17) is 21.1 Å². The molecule has 1 aromatic heterocycles. The molecule has 1 aromatic carbocycles. The molecule has 2 aromatic rings. The van der Waals surface area contributed by atoms with Gasteiger partial charge in [0.05, 0.1) is 26.1 Å². The quantitative estimate of drug-likeness (QED) is 0.841. The van der Waals surface area contributed by atoms with E-state index in [0.29, 0.717) is 26.2 Å². The fourth-order valence-electron chi connectivity index (χ4n) is 2.32. The van der Waals surface area contributed by atoms with Crippen LogP contribution in [0.4, 0.5) is 0 Å². The van der Waals surface area contributed by atoms with Gasteiger partial charge >= 0.3 is 0 Å². The molecular weight excluding hydrogens is 344 g/mol. The number of ether oxygens (including phenoxy) is 2. The number of hydrogen-bond acceptors (Lipinski definition) is 3. The van der Waals surface area contributed by atoms with Crippen LogP contribution in [0.15, 0.2) is 43.0 Å². The normalized spacial score (nSPS) is 16.9. The minimum Gasteiger partial charge on any atom is -0.345 e. The topological polar surface area (TPSA) is 36.3 Å². The summed E-state index contributed by atoms with van der Waals surface area (Å²) < 4.78 is 13.7. The summed E-state index contributed by atoms with van der Waals surface area (Å²) >= 11 is 5.90. The Morgan fingerprint density at radius 2 is 1.90 bits per heavy atom. The molecular formula is C14H16BrClN2O2. The molecule has 0 bridgehead atoms. The molecule has 1 aliphatic heterocycles. The van der Waals surface area contributed by atoms with Gasteiger partial charge in [-0.05, 0) is 17.7 Å². The molecule has 0 unspecified atom stereocenters. The summed E-state index contributed by atoms with van der Waals surface area (Å²) in [7, 11) is 0. The molecule has 1 saturated heterocycles. The van der Waals surface area contributed by atoms with E-state index in [2.05, 4.69) is 4.98 Å². The van der Waals surface area contributed by atoms with Crippen LogP contribution in [0.3, 0.4) is 0 Å². The Labute approximate surface area is 133 Å². The maximum atomic E-state index is 5.90. The third-order valence-electron chi connectivity index (χ3n) is 3.18. The predicted molar refractivity (Wildman–Crippen MR) is 82.3 cm³/mol. The number of aromatic nitrogens is 2. The first-order valence-electron chi connectivity index (χ1n) is 6.24. The van der Waals surface area contributed by atoms with Crippen molar-refractivity contribution in [1.82, 2.24) is 9.55 Å². The first-order valence-corrected chi connectivity index (χ1v) is 6.62. The number of imidazole rings is 1. The van der Waals surface area contributed by atoms with Crippen molar-refractivity contribution in [3.63, 3.8) is 0 Å². The van der Waals surface area contributed by atoms with Crippen LogP contribution in [0.2, 0.25) is 5.02 Å². The number of halogens is 2. The van der Waals surface area contributed by atoms with E-state index in [1.807, 2.05) is 35.0 Å². The number of hydrogen-bond donors (Lipinski definition) is 0. The summed E-state index contributed by atoms with van der Waals surface area (Å²) in [4.78, 5) is 4.05. The van der Waals surface area contributed by atoms with Gasteiger partial charge in [0.2, 0.25) is 0 Å². The first kappa shape index (κ1) is 15.5. The fourth-order valence-corrected chi connectivity index (χ4v) is 2.44. The van der Waals surface area contributed by atoms with Gasteiger partial charge in [0.25, 0.3) is 0 Å². The molecule has 1 aliphatic rings. The smallest absolute Gasteiger partial charge is 0.190 e. The third kappa shape index (κ3) is 3.61. The highest BCUT2D eigenvalue weighted by atomic mass is 79.9. The lowest BCUT2D eigenvalue weighted by Gasteiger charge is -2.27. The number of nitrogens with zero attached hydrogens (tertiary/aromatic N) is 2. The van der Waals surface area contributed by atoms with Gasteiger partial charge in [-0.25, -0.2) is 4.98 Å². The molecule has 0 atom stereocenters. The lowest BCUT2D eigenvalue weighted by Crippen LogP contribution is -2.37. The molecule has 108 valence electrons. The maximum Gasteiger partial charge on any atom is 0.190 e. The Morgan fingerprint density at radius 1 is 1.20 bits per heavy atom. The van der Waals surface area contributed by atoms with Crippen LogP contribution < -0.4 is 0 Å². The van der Waals surface area contributed by atoms with Crippen molar-refractivity contribution in [3.05, 3.63) is 53.6 Å². The van der Waals surface area contributed by atoms with Crippen LogP contribution in [0, 0.1) is 0 Å². The van der Waals surface area contributed by atoms with E-state index in [1.165, 1.54) is 0 Å². The van der Waals surface area contributed by atoms with Gasteiger partial charge in [-0.1, -0.05) is 23.7 Å². The molecule has 0 amide bonds. The van der Waals surface area contributed by atoms with Crippen molar-refractivity contribution >= 4 is 28.6 Å². The zero-order valence-corrected chi connectivity index (χ0v) is 13.3. The third-order valence-corrected chi connectivity index (χ3v) is 3.43. The van der Waals surface area contributed by atoms with Gasteiger partial charge in [-0.2, -0.15) is 0 Å². The lowest BCUT2D eigenvalue weighted by atomic mass is 10.0. The fraction of sp³-hybridized carbons (Fsp3) is 0.357. The summed E-state index contributed by atoms with van der Waals surface area (Å²) in [6.45, 7) is 1.89. The molecule has 0 radical (unpaired) electrons. The average molecular weight is 360 g/mol. The zero-order chi connectivity index (χ0) is 13.1. The number of benzene rings is 1. The predicted octanol–water partition coefficient (Wildman–Crippen LogP) is 3.10. The van der Waals surface area contributed by atoms with Crippen molar-refractivity contribution in [1.29, 1.82) is 0 Å². The van der Waals surface area contributed by atoms with E-state index in [1.54, 1.807) is 12.5 Å². The van der Waals surface area contributed by atoms with Crippen LogP contribution in [0.5, 0.6) is 0 Å². The van der Waals surface area contributed by atoms with Gasteiger partial charge in [0, 0.05) is 23.8 Å². The molecule has 2 heterocycles. The van der Waals surface area contributed by atoms with Crippen LogP contribution in [0.25, 0.3) is 0 Å². The summed E-state index contributed by atoms with van der Waals surface area (Å²) in [6, 6.07) is 7.78. The summed E-state index contributed by atoms with van der Waals surface area (Å²) in [5.74, 6) is -0.603. The Balaban J connectivity index is 0.00000147. The molecule has 6 heteroatoms. The van der Waals surface area contributed by atoms with Crippen molar-refractivity contribution in [3.8, 4) is 0 Å². The molecule has 20 heavy (non-hydrogen) atoms. The van der Waals surface area contributed by atoms with Crippen molar-refractivity contribution in [2.75, 3.05) is 13.2 Å². The Bertz CT molecular complexity index is 525. The molecule has 0 saturated carbocycles. The average Bonchev–Trinajstić information content (AvgIpc) is 3.05. The van der Waals surface area contributed by atoms with E-state index in [9.17, 15) is 0 Å². The van der Waals surface area contributed by atoms with Crippen LogP contribution in [-0.2, 0) is 22.4 Å². The van der Waals surface area contributed by atoms with Gasteiger partial charge < -0.3 is 14.0 Å². The highest BCUT2D eigenvalue weighted by Crippen LogP contribution is 2.27. The Hall–Kier alpha value is -0.880. The van der Waals surface area contributed by atoms with Crippen LogP contribution in [-0.4, -0.2) is 28.6 Å². The summed E-state index contributed by atoms with van der Waals surface area (Å²) in [5.41, 5.74) is 1.14. The molecule has 0 N–H and O–H groups in total. The molecule has 1 fully saturated rings. The van der Waals surface area contributed by atoms with E-state index in [0.717, 1.165) is 10.6 Å². The monoisotopic (exact) mass is 358 g/mol. The zero-order valence-electron chi connectivity index (χ0n) is 10.9. The highest BCUT2D eigenvalue weighted by molar-refractivity contribution is 8.93. The second-order valence-electron chi connectivity index (χ2n) is 4.65. The second kappa shape index (κ2) is 6.72. The van der Waals surface area contributed by atoms with Crippen molar-refractivity contribution < 1.29 is 9.47 Å². The van der Waals surface area contributed by atoms with Crippen LogP contribution in [0.1, 0.15) is 5.56 Å². The number of rotatable bonds is 4. The standard InChI is InChI=1S/C14H15ClN2O2.BrH/c15-13-3-1-12(2-4-13)9-14(18-7-8-19-14)10-17-6-5-16-11-17;/h1-6,11H,7-10H2;1H. The van der Waals surface area contributed by atoms with Crippen molar-refractivity contribution in [2.24, 2.45) is 0 Å². The van der Waals surface area contributed by atoms with Gasteiger partial charge in [-0.3, -0.25) is 0 Å². The summed E-state index contributed by atoms with van der Waals surface area (Å²) in [5, 5.41) is 0.737. The maximum absolute atomic E-state index is 5.90. The molecule has 0 aliphatic carbocycles. The SMILES string of the molecule is Br.Clc1ccc(CC2(Cn3ccnc3)OCCO2)cc1. The molecule has 3 rings (SSSR count). The van der Waals surface area contributed by atoms with E-state index >= 15 is 0 Å². The minimum atomic E-state index is -0.603. The molecule has 4 nitrogen and oxygen atoms in total. The van der Waals surface area contributed by atoms with Crippen LogP contribution >= 0.6 is 28.6 Å². The Morgan fingerprint density at radius 3 is 2.50 bits per heavy atom. The molecule has 0 spiro atoms. The van der Waals surface area contributed by atoms with Gasteiger partial charge in [0.15, 0.2) is 5.79 Å². The van der Waals surface area contributed by atoms with E-state index in [-0.39, 0.29) is 17.0 Å².